The molecule has 2 rings (SSSR count). The van der Waals surface area contributed by atoms with Crippen molar-refractivity contribution in [2.24, 2.45) is 5.92 Å². The summed E-state index contributed by atoms with van der Waals surface area (Å²) in [4.78, 5) is 17.2. The van der Waals surface area contributed by atoms with E-state index in [0.717, 1.165) is 29.8 Å². The molecule has 2 unspecified atom stereocenters. The van der Waals surface area contributed by atoms with Crippen molar-refractivity contribution in [1.29, 1.82) is 0 Å². The number of amides is 1. The number of aliphatic hydroxyl groups excluding tert-OH is 1. The lowest BCUT2D eigenvalue weighted by Gasteiger charge is -2.12. The minimum absolute atomic E-state index is 0.0984. The molecule has 4 nitrogen and oxygen atoms in total. The van der Waals surface area contributed by atoms with Gasteiger partial charge in [-0.3, -0.25) is 4.79 Å². The summed E-state index contributed by atoms with van der Waals surface area (Å²) in [5.74, 6) is -0.358. The normalized spacial score (nSPS) is 24.7. The second-order valence-electron chi connectivity index (χ2n) is 4.25. The molecule has 5 heteroatoms. The molecule has 0 aliphatic heterocycles. The van der Waals surface area contributed by atoms with Gasteiger partial charge >= 0.3 is 0 Å². The molecule has 88 valence electrons. The van der Waals surface area contributed by atoms with Crippen molar-refractivity contribution in [3.8, 4) is 0 Å². The van der Waals surface area contributed by atoms with Crippen LogP contribution in [0, 0.1) is 19.8 Å². The average molecular weight is 240 g/mol. The average Bonchev–Trinajstić information content (AvgIpc) is 2.74. The van der Waals surface area contributed by atoms with Crippen LogP contribution in [-0.4, -0.2) is 22.1 Å². The van der Waals surface area contributed by atoms with Gasteiger partial charge in [0.15, 0.2) is 5.13 Å². The first-order chi connectivity index (χ1) is 7.58. The van der Waals surface area contributed by atoms with Gasteiger partial charge in [0, 0.05) is 4.88 Å². The van der Waals surface area contributed by atoms with E-state index in [-0.39, 0.29) is 11.8 Å². The fourth-order valence-electron chi connectivity index (χ4n) is 1.97. The van der Waals surface area contributed by atoms with Crippen molar-refractivity contribution in [2.45, 2.75) is 39.2 Å². The molecule has 0 aromatic carbocycles. The number of hydrogen-bond donors (Lipinski definition) is 2. The minimum atomic E-state index is -0.484. The predicted molar refractivity (Wildman–Crippen MR) is 63.6 cm³/mol. The van der Waals surface area contributed by atoms with Crippen LogP contribution in [0.5, 0.6) is 0 Å². The van der Waals surface area contributed by atoms with Crippen LogP contribution < -0.4 is 5.32 Å². The van der Waals surface area contributed by atoms with Crippen molar-refractivity contribution in [3.05, 3.63) is 10.6 Å². The first-order valence-corrected chi connectivity index (χ1v) is 6.32. The lowest BCUT2D eigenvalue weighted by atomic mass is 10.1. The molecule has 1 fully saturated rings. The van der Waals surface area contributed by atoms with Crippen molar-refractivity contribution in [1.82, 2.24) is 4.98 Å². The third-order valence-corrected chi connectivity index (χ3v) is 4.06. The maximum Gasteiger partial charge on any atom is 0.231 e. The molecule has 1 aliphatic rings. The number of anilines is 1. The second kappa shape index (κ2) is 4.51. The van der Waals surface area contributed by atoms with Crippen molar-refractivity contribution >= 4 is 22.4 Å². The first-order valence-electron chi connectivity index (χ1n) is 5.51. The highest BCUT2D eigenvalue weighted by Gasteiger charge is 2.31. The number of nitrogens with zero attached hydrogens (tertiary/aromatic N) is 1. The second-order valence-corrected chi connectivity index (χ2v) is 5.46. The van der Waals surface area contributed by atoms with Gasteiger partial charge in [0.05, 0.1) is 17.7 Å². The Balaban J connectivity index is 2.01. The third-order valence-electron chi connectivity index (χ3n) is 3.07. The third kappa shape index (κ3) is 2.25. The molecule has 1 amide bonds. The van der Waals surface area contributed by atoms with Crippen LogP contribution in [0.1, 0.15) is 29.8 Å². The van der Waals surface area contributed by atoms with Crippen LogP contribution in [0.3, 0.4) is 0 Å². The Bertz CT molecular complexity index is 383. The Labute approximate surface area is 98.7 Å². The van der Waals surface area contributed by atoms with E-state index in [1.807, 2.05) is 13.8 Å². The Morgan fingerprint density at radius 1 is 1.50 bits per heavy atom. The monoisotopic (exact) mass is 240 g/mol. The Kier molecular flexibility index (Phi) is 3.25. The molecular weight excluding hydrogens is 224 g/mol. The zero-order valence-corrected chi connectivity index (χ0v) is 10.3. The standard InChI is InChI=1S/C11H16N2O2S/c1-6-7(2)16-11(12-6)13-10(15)8-4-3-5-9(8)14/h8-9,14H,3-5H2,1-2H3,(H,12,13,15). The van der Waals surface area contributed by atoms with E-state index in [1.165, 1.54) is 11.3 Å². The van der Waals surface area contributed by atoms with Crippen LogP contribution in [0.2, 0.25) is 0 Å². The predicted octanol–water partition coefficient (Wildman–Crippen LogP) is 1.86. The van der Waals surface area contributed by atoms with Gasteiger partial charge in [0.2, 0.25) is 5.91 Å². The molecule has 16 heavy (non-hydrogen) atoms. The molecule has 0 saturated heterocycles. The van der Waals surface area contributed by atoms with Gasteiger partial charge < -0.3 is 10.4 Å². The Morgan fingerprint density at radius 3 is 2.75 bits per heavy atom. The molecule has 0 spiro atoms. The molecule has 2 N–H and O–H groups in total. The van der Waals surface area contributed by atoms with Gasteiger partial charge in [0.25, 0.3) is 0 Å². The van der Waals surface area contributed by atoms with Crippen molar-refractivity contribution < 1.29 is 9.90 Å². The molecule has 1 aromatic heterocycles. The molecular formula is C11H16N2O2S. The largest absolute Gasteiger partial charge is 0.392 e. The number of aromatic nitrogens is 1. The van der Waals surface area contributed by atoms with Crippen LogP contribution in [0.25, 0.3) is 0 Å². The number of nitrogens with one attached hydrogen (secondary N) is 1. The maximum atomic E-state index is 11.8. The van der Waals surface area contributed by atoms with E-state index < -0.39 is 6.10 Å². The number of carbonyl (C=O) groups excluding carboxylic acids is 1. The van der Waals surface area contributed by atoms with Crippen molar-refractivity contribution in [2.75, 3.05) is 5.32 Å². The highest BCUT2D eigenvalue weighted by Crippen LogP contribution is 2.28. The summed E-state index contributed by atoms with van der Waals surface area (Å²) in [6, 6.07) is 0. The van der Waals surface area contributed by atoms with E-state index in [2.05, 4.69) is 10.3 Å². The summed E-state index contributed by atoms with van der Waals surface area (Å²) in [6.07, 6.45) is 1.95. The highest BCUT2D eigenvalue weighted by atomic mass is 32.1. The Morgan fingerprint density at radius 2 is 2.25 bits per heavy atom. The first kappa shape index (κ1) is 11.5. The fourth-order valence-corrected chi connectivity index (χ4v) is 2.79. The number of hydrogen-bond acceptors (Lipinski definition) is 4. The molecule has 1 saturated carbocycles. The minimum Gasteiger partial charge on any atom is -0.392 e. The zero-order chi connectivity index (χ0) is 11.7. The summed E-state index contributed by atoms with van der Waals surface area (Å²) in [6.45, 7) is 3.90. The van der Waals surface area contributed by atoms with Gasteiger partial charge in [-0.15, -0.1) is 11.3 Å². The molecule has 1 aromatic rings. The van der Waals surface area contributed by atoms with E-state index in [4.69, 9.17) is 0 Å². The Hall–Kier alpha value is -0.940. The summed E-state index contributed by atoms with van der Waals surface area (Å²) in [5.41, 5.74) is 0.951. The molecule has 2 atom stereocenters. The molecule has 1 aliphatic carbocycles. The maximum absolute atomic E-state index is 11.8. The van der Waals surface area contributed by atoms with Crippen LogP contribution in [0.15, 0.2) is 0 Å². The van der Waals surface area contributed by atoms with E-state index in [1.54, 1.807) is 0 Å². The SMILES string of the molecule is Cc1nc(NC(=O)C2CCCC2O)sc1C. The quantitative estimate of drug-likeness (QED) is 0.829. The molecule has 0 radical (unpaired) electrons. The zero-order valence-electron chi connectivity index (χ0n) is 9.49. The number of aliphatic hydroxyl groups is 1. The molecule has 1 heterocycles. The van der Waals surface area contributed by atoms with E-state index in [0.29, 0.717) is 5.13 Å². The van der Waals surface area contributed by atoms with Gasteiger partial charge in [-0.05, 0) is 33.1 Å². The summed E-state index contributed by atoms with van der Waals surface area (Å²) < 4.78 is 0. The van der Waals surface area contributed by atoms with Crippen LogP contribution in [0.4, 0.5) is 5.13 Å². The van der Waals surface area contributed by atoms with Crippen LogP contribution >= 0.6 is 11.3 Å². The summed E-state index contributed by atoms with van der Waals surface area (Å²) in [5, 5.41) is 13.0. The van der Waals surface area contributed by atoms with E-state index in [9.17, 15) is 9.90 Å². The highest BCUT2D eigenvalue weighted by molar-refractivity contribution is 7.15. The number of thiazole rings is 1. The van der Waals surface area contributed by atoms with Gasteiger partial charge in [-0.25, -0.2) is 4.98 Å². The lowest BCUT2D eigenvalue weighted by Crippen LogP contribution is -2.28. The van der Waals surface area contributed by atoms with Crippen LogP contribution in [-0.2, 0) is 4.79 Å². The molecule has 0 bridgehead atoms. The van der Waals surface area contributed by atoms with Crippen molar-refractivity contribution in [3.63, 3.8) is 0 Å². The number of aryl methyl sites for hydroxylation is 2. The summed E-state index contributed by atoms with van der Waals surface area (Å²) in [7, 11) is 0. The van der Waals surface area contributed by atoms with E-state index >= 15 is 0 Å². The fraction of sp³-hybridized carbons (Fsp3) is 0.636. The lowest BCUT2D eigenvalue weighted by molar-refractivity contribution is -0.122. The number of rotatable bonds is 2. The van der Waals surface area contributed by atoms with Gasteiger partial charge in [-0.1, -0.05) is 0 Å². The summed E-state index contributed by atoms with van der Waals surface area (Å²) >= 11 is 1.48. The smallest absolute Gasteiger partial charge is 0.231 e. The number of carbonyl (C=O) groups is 1. The van der Waals surface area contributed by atoms with Gasteiger partial charge in [-0.2, -0.15) is 0 Å². The topological polar surface area (TPSA) is 62.2 Å². The van der Waals surface area contributed by atoms with Gasteiger partial charge in [0.1, 0.15) is 0 Å².